The highest BCUT2D eigenvalue weighted by Gasteiger charge is 2.48. The lowest BCUT2D eigenvalue weighted by molar-refractivity contribution is -0.125. The molecule has 0 unspecified atom stereocenters. The van der Waals surface area contributed by atoms with Crippen molar-refractivity contribution in [1.29, 1.82) is 0 Å². The Labute approximate surface area is 112 Å². The normalized spacial score (nSPS) is 17.7. The van der Waals surface area contributed by atoms with E-state index >= 15 is 0 Å². The molecular weight excluding hydrogens is 242 g/mol. The molecule has 0 radical (unpaired) electrons. The van der Waals surface area contributed by atoms with Crippen molar-refractivity contribution >= 4 is 17.4 Å². The highest BCUT2D eigenvalue weighted by Crippen LogP contribution is 2.42. The number of nitrogens with one attached hydrogen (secondary N) is 1. The predicted molar refractivity (Wildman–Crippen MR) is 74.2 cm³/mol. The van der Waals surface area contributed by atoms with Crippen molar-refractivity contribution in [3.63, 3.8) is 0 Å². The van der Waals surface area contributed by atoms with Crippen LogP contribution < -0.4 is 11.1 Å². The highest BCUT2D eigenvalue weighted by molar-refractivity contribution is 6.12. The van der Waals surface area contributed by atoms with Crippen LogP contribution in [0.4, 0.5) is 5.69 Å². The van der Waals surface area contributed by atoms with Crippen LogP contribution in [-0.4, -0.2) is 17.0 Å². The lowest BCUT2D eigenvalue weighted by atomic mass is 9.67. The van der Waals surface area contributed by atoms with Gasteiger partial charge in [-0.2, -0.15) is 0 Å². The summed E-state index contributed by atoms with van der Waals surface area (Å²) in [5.74, 6) is -0.190. The summed E-state index contributed by atoms with van der Waals surface area (Å²) >= 11 is 0. The maximum absolute atomic E-state index is 12.4. The van der Waals surface area contributed by atoms with Gasteiger partial charge in [0.1, 0.15) is 5.41 Å². The van der Waals surface area contributed by atoms with Gasteiger partial charge in [0.2, 0.25) is 5.91 Å². The zero-order valence-corrected chi connectivity index (χ0v) is 11.2. The van der Waals surface area contributed by atoms with E-state index < -0.39 is 5.41 Å². The lowest BCUT2D eigenvalue weighted by Crippen LogP contribution is -2.51. The van der Waals surface area contributed by atoms with Gasteiger partial charge in [-0.3, -0.25) is 4.79 Å². The molecule has 1 aliphatic rings. The monoisotopic (exact) mass is 261 g/mol. The van der Waals surface area contributed by atoms with Crippen molar-refractivity contribution < 1.29 is 10.0 Å². The molecule has 19 heavy (non-hydrogen) atoms. The SMILES string of the molecule is Cc1cccc(NC(=O)C2(/C(N)=N/O)CCC2)c1C. The summed E-state index contributed by atoms with van der Waals surface area (Å²) in [5.41, 5.74) is 7.76. The van der Waals surface area contributed by atoms with Crippen LogP contribution in [0.1, 0.15) is 30.4 Å². The number of hydrogen-bond acceptors (Lipinski definition) is 3. The first-order chi connectivity index (χ1) is 9.01. The van der Waals surface area contributed by atoms with E-state index in [1.807, 2.05) is 32.0 Å². The second-order valence-electron chi connectivity index (χ2n) is 5.12. The fraction of sp³-hybridized carbons (Fsp3) is 0.429. The Bertz CT molecular complexity index is 533. The smallest absolute Gasteiger partial charge is 0.238 e. The average molecular weight is 261 g/mol. The summed E-state index contributed by atoms with van der Waals surface area (Å²) in [7, 11) is 0. The summed E-state index contributed by atoms with van der Waals surface area (Å²) in [5, 5.41) is 14.7. The minimum atomic E-state index is -0.842. The standard InChI is InChI=1S/C14H19N3O2/c1-9-5-3-6-11(10(9)2)16-13(18)14(7-4-8-14)12(15)17-19/h3,5-6,19H,4,7-8H2,1-2H3,(H2,15,17)(H,16,18). The van der Waals surface area contributed by atoms with Gasteiger partial charge >= 0.3 is 0 Å². The van der Waals surface area contributed by atoms with Crippen LogP contribution in [0.2, 0.25) is 0 Å². The molecular formula is C14H19N3O2. The number of aryl methyl sites for hydroxylation is 1. The Kier molecular flexibility index (Phi) is 3.46. The molecule has 4 N–H and O–H groups in total. The van der Waals surface area contributed by atoms with Gasteiger partial charge in [0.05, 0.1) is 0 Å². The summed E-state index contributed by atoms with van der Waals surface area (Å²) in [6.45, 7) is 3.95. The fourth-order valence-corrected chi connectivity index (χ4v) is 2.35. The molecule has 1 saturated carbocycles. The second-order valence-corrected chi connectivity index (χ2v) is 5.12. The maximum Gasteiger partial charge on any atom is 0.238 e. The maximum atomic E-state index is 12.4. The van der Waals surface area contributed by atoms with Gasteiger partial charge in [0.25, 0.3) is 0 Å². The fourth-order valence-electron chi connectivity index (χ4n) is 2.35. The number of oxime groups is 1. The number of benzene rings is 1. The number of nitrogens with zero attached hydrogens (tertiary/aromatic N) is 1. The second kappa shape index (κ2) is 4.91. The van der Waals surface area contributed by atoms with Gasteiger partial charge in [-0.25, -0.2) is 0 Å². The number of amides is 1. The number of carbonyl (C=O) groups excluding carboxylic acids is 1. The molecule has 0 aliphatic heterocycles. The Hall–Kier alpha value is -2.04. The van der Waals surface area contributed by atoms with Crippen molar-refractivity contribution in [2.75, 3.05) is 5.32 Å². The van der Waals surface area contributed by atoms with Crippen LogP contribution in [0.25, 0.3) is 0 Å². The van der Waals surface area contributed by atoms with Gasteiger partial charge < -0.3 is 16.3 Å². The van der Waals surface area contributed by atoms with E-state index in [9.17, 15) is 4.79 Å². The zero-order chi connectivity index (χ0) is 14.0. The van der Waals surface area contributed by atoms with Crippen LogP contribution in [0.5, 0.6) is 0 Å². The Balaban J connectivity index is 2.24. The minimum absolute atomic E-state index is 0.00144. The number of hydrogen-bond donors (Lipinski definition) is 3. The van der Waals surface area contributed by atoms with Gasteiger partial charge in [0.15, 0.2) is 5.84 Å². The molecule has 1 aromatic carbocycles. The average Bonchev–Trinajstić information content (AvgIpc) is 2.33. The molecule has 0 heterocycles. The van der Waals surface area contributed by atoms with Gasteiger partial charge in [-0.1, -0.05) is 23.7 Å². The molecule has 1 amide bonds. The molecule has 0 spiro atoms. The number of nitrogens with two attached hydrogens (primary N) is 1. The minimum Gasteiger partial charge on any atom is -0.409 e. The van der Waals surface area contributed by atoms with Crippen molar-refractivity contribution in [3.05, 3.63) is 29.3 Å². The molecule has 102 valence electrons. The Morgan fingerprint density at radius 1 is 1.42 bits per heavy atom. The van der Waals surface area contributed by atoms with Crippen LogP contribution in [0.15, 0.2) is 23.4 Å². The molecule has 1 aliphatic carbocycles. The third kappa shape index (κ3) is 2.16. The van der Waals surface area contributed by atoms with Crippen molar-refractivity contribution in [3.8, 4) is 0 Å². The summed E-state index contributed by atoms with van der Waals surface area (Å²) in [6, 6.07) is 5.75. The molecule has 5 heteroatoms. The predicted octanol–water partition coefficient (Wildman–Crippen LogP) is 2.16. The Morgan fingerprint density at radius 3 is 2.63 bits per heavy atom. The summed E-state index contributed by atoms with van der Waals surface area (Å²) < 4.78 is 0. The first-order valence-corrected chi connectivity index (χ1v) is 6.37. The largest absolute Gasteiger partial charge is 0.409 e. The third-order valence-electron chi connectivity index (χ3n) is 4.09. The zero-order valence-electron chi connectivity index (χ0n) is 11.2. The van der Waals surface area contributed by atoms with E-state index in [1.165, 1.54) is 0 Å². The van der Waals surface area contributed by atoms with Crippen LogP contribution >= 0.6 is 0 Å². The number of amidine groups is 1. The molecule has 0 atom stereocenters. The van der Waals surface area contributed by atoms with Crippen molar-refractivity contribution in [2.45, 2.75) is 33.1 Å². The number of carbonyl (C=O) groups is 1. The van der Waals surface area contributed by atoms with E-state index in [0.717, 1.165) is 23.2 Å². The lowest BCUT2D eigenvalue weighted by Gasteiger charge is -2.38. The van der Waals surface area contributed by atoms with Crippen LogP contribution in [0, 0.1) is 19.3 Å². The first kappa shape index (κ1) is 13.4. The molecule has 0 aromatic heterocycles. The van der Waals surface area contributed by atoms with E-state index in [1.54, 1.807) is 0 Å². The topological polar surface area (TPSA) is 87.7 Å². The first-order valence-electron chi connectivity index (χ1n) is 6.37. The molecule has 1 fully saturated rings. The number of anilines is 1. The molecule has 5 nitrogen and oxygen atoms in total. The molecule has 2 rings (SSSR count). The van der Waals surface area contributed by atoms with Gasteiger partial charge in [-0.05, 0) is 43.9 Å². The number of rotatable bonds is 3. The van der Waals surface area contributed by atoms with E-state index in [4.69, 9.17) is 10.9 Å². The summed E-state index contributed by atoms with van der Waals surface area (Å²) in [6.07, 6.45) is 2.16. The van der Waals surface area contributed by atoms with Crippen molar-refractivity contribution in [1.82, 2.24) is 0 Å². The van der Waals surface area contributed by atoms with E-state index in [-0.39, 0.29) is 11.7 Å². The molecule has 0 saturated heterocycles. The highest BCUT2D eigenvalue weighted by atomic mass is 16.4. The quantitative estimate of drug-likeness (QED) is 0.337. The summed E-state index contributed by atoms with van der Waals surface area (Å²) in [4.78, 5) is 12.4. The van der Waals surface area contributed by atoms with Crippen molar-refractivity contribution in [2.24, 2.45) is 16.3 Å². The van der Waals surface area contributed by atoms with Crippen LogP contribution in [0.3, 0.4) is 0 Å². The molecule has 0 bridgehead atoms. The van der Waals surface area contributed by atoms with E-state index in [0.29, 0.717) is 12.8 Å². The van der Waals surface area contributed by atoms with Gasteiger partial charge in [-0.15, -0.1) is 0 Å². The van der Waals surface area contributed by atoms with E-state index in [2.05, 4.69) is 10.5 Å². The van der Waals surface area contributed by atoms with Crippen LogP contribution in [-0.2, 0) is 4.79 Å². The molecule has 1 aromatic rings. The third-order valence-corrected chi connectivity index (χ3v) is 4.09. The Morgan fingerprint density at radius 2 is 2.11 bits per heavy atom. The van der Waals surface area contributed by atoms with Gasteiger partial charge in [0, 0.05) is 5.69 Å².